The molecular weight excluding hydrogens is 402 g/mol. The van der Waals surface area contributed by atoms with E-state index in [4.69, 9.17) is 0 Å². The maximum atomic E-state index is 13.0. The Morgan fingerprint density at radius 1 is 1.10 bits per heavy atom. The molecule has 1 aliphatic rings. The van der Waals surface area contributed by atoms with Gasteiger partial charge >= 0.3 is 0 Å². The van der Waals surface area contributed by atoms with E-state index in [1.807, 2.05) is 57.4 Å². The minimum absolute atomic E-state index is 0.0216. The molecule has 160 valence electrons. The maximum Gasteiger partial charge on any atom is 0.259 e. The number of fused-ring (bicyclic) bond motifs is 2. The number of allylic oxidation sites excluding steroid dienone is 1. The molecule has 3 aromatic rings. The monoisotopic (exact) mass is 431 g/mol. The second-order valence-electron chi connectivity index (χ2n) is 6.89. The zero-order valence-electron chi connectivity index (χ0n) is 18.6. The van der Waals surface area contributed by atoms with E-state index in [2.05, 4.69) is 47.6 Å². The number of rotatable bonds is 5. The number of aromatic nitrogens is 1. The van der Waals surface area contributed by atoms with Crippen molar-refractivity contribution in [2.75, 3.05) is 11.9 Å². The van der Waals surface area contributed by atoms with Gasteiger partial charge in [0.05, 0.1) is 11.3 Å². The first-order chi connectivity index (χ1) is 15.2. The highest BCUT2D eigenvalue weighted by molar-refractivity contribution is 7.99. The van der Waals surface area contributed by atoms with Crippen molar-refractivity contribution in [3.63, 3.8) is 0 Å². The minimum atomic E-state index is 0.0216. The molecule has 4 rings (SSSR count). The fourth-order valence-electron chi connectivity index (χ4n) is 3.37. The van der Waals surface area contributed by atoms with Gasteiger partial charge in [0.15, 0.2) is 0 Å². The van der Waals surface area contributed by atoms with E-state index < -0.39 is 0 Å². The molecule has 1 aliphatic heterocycles. The first-order valence-corrected chi connectivity index (χ1v) is 11.5. The number of pyridine rings is 1. The van der Waals surface area contributed by atoms with Gasteiger partial charge in [-0.3, -0.25) is 9.78 Å². The Hall–Kier alpha value is -3.05. The molecule has 0 radical (unpaired) electrons. The van der Waals surface area contributed by atoms with E-state index in [1.54, 1.807) is 22.9 Å². The highest BCUT2D eigenvalue weighted by Crippen LogP contribution is 2.41. The summed E-state index contributed by atoms with van der Waals surface area (Å²) in [6.07, 6.45) is 6.75. The summed E-state index contributed by atoms with van der Waals surface area (Å²) in [6.45, 7) is 6.82. The van der Waals surface area contributed by atoms with Gasteiger partial charge in [-0.2, -0.15) is 0 Å². The molecule has 0 spiro atoms. The van der Waals surface area contributed by atoms with Crippen LogP contribution in [0.5, 0.6) is 0 Å². The lowest BCUT2D eigenvalue weighted by Gasteiger charge is -2.20. The lowest BCUT2D eigenvalue weighted by Crippen LogP contribution is -2.26. The van der Waals surface area contributed by atoms with Gasteiger partial charge in [0.1, 0.15) is 0 Å². The van der Waals surface area contributed by atoms with E-state index in [0.717, 1.165) is 44.3 Å². The van der Waals surface area contributed by atoms with Crippen LogP contribution >= 0.6 is 11.8 Å². The van der Waals surface area contributed by atoms with Gasteiger partial charge in [0, 0.05) is 41.5 Å². The molecule has 31 heavy (non-hydrogen) atoms. The van der Waals surface area contributed by atoms with Crippen LogP contribution in [-0.4, -0.2) is 17.9 Å². The smallest absolute Gasteiger partial charge is 0.259 e. The van der Waals surface area contributed by atoms with Crippen LogP contribution in [0.1, 0.15) is 48.7 Å². The fourth-order valence-corrected chi connectivity index (χ4v) is 4.46. The van der Waals surface area contributed by atoms with Crippen LogP contribution < -0.4 is 10.2 Å². The lowest BCUT2D eigenvalue weighted by molar-refractivity contribution is 0.0990. The quantitative estimate of drug-likeness (QED) is 0.508. The highest BCUT2D eigenvalue weighted by Gasteiger charge is 2.24. The summed E-state index contributed by atoms with van der Waals surface area (Å²) in [5.41, 5.74) is 4.94. The van der Waals surface area contributed by atoms with Crippen molar-refractivity contribution in [3.8, 4) is 0 Å². The molecule has 0 bridgehead atoms. The summed E-state index contributed by atoms with van der Waals surface area (Å²) >= 11 is 1.64. The van der Waals surface area contributed by atoms with Gasteiger partial charge in [-0.15, -0.1) is 0 Å². The molecule has 1 amide bonds. The number of benzene rings is 2. The number of nitrogens with zero attached hydrogens (tertiary/aromatic N) is 2. The van der Waals surface area contributed by atoms with Crippen LogP contribution in [0.3, 0.4) is 0 Å². The van der Waals surface area contributed by atoms with Crippen molar-refractivity contribution in [3.05, 3.63) is 89.8 Å². The van der Waals surface area contributed by atoms with Crippen LogP contribution in [-0.2, 0) is 6.54 Å². The van der Waals surface area contributed by atoms with Crippen molar-refractivity contribution in [2.45, 2.75) is 43.5 Å². The van der Waals surface area contributed by atoms with Crippen molar-refractivity contribution >= 4 is 29.1 Å². The van der Waals surface area contributed by atoms with Gasteiger partial charge in [-0.05, 0) is 47.9 Å². The average Bonchev–Trinajstić information content (AvgIpc) is 2.93. The molecular formula is C26H29N3OS. The first-order valence-electron chi connectivity index (χ1n) is 10.7. The molecule has 5 heteroatoms. The minimum Gasteiger partial charge on any atom is -0.381 e. The molecule has 2 aromatic carbocycles. The van der Waals surface area contributed by atoms with Gasteiger partial charge < -0.3 is 10.2 Å². The molecule has 2 heterocycles. The summed E-state index contributed by atoms with van der Waals surface area (Å²) in [7, 11) is 1.85. The van der Waals surface area contributed by atoms with Crippen LogP contribution in [0.15, 0.2) is 82.9 Å². The molecule has 0 atom stereocenters. The average molecular weight is 432 g/mol. The lowest BCUT2D eigenvalue weighted by atomic mass is 10.1. The maximum absolute atomic E-state index is 13.0. The molecule has 0 saturated heterocycles. The molecule has 0 unspecified atom stereocenters. The topological polar surface area (TPSA) is 45.2 Å². The Bertz CT molecular complexity index is 1060. The Kier molecular flexibility index (Phi) is 7.90. The van der Waals surface area contributed by atoms with Crippen molar-refractivity contribution in [1.82, 2.24) is 10.3 Å². The number of carbonyl (C=O) groups excluding carboxylic acids is 1. The Morgan fingerprint density at radius 2 is 1.90 bits per heavy atom. The fraction of sp³-hybridized carbons (Fsp3) is 0.231. The summed E-state index contributed by atoms with van der Waals surface area (Å²) in [5.74, 6) is 0.0216. The summed E-state index contributed by atoms with van der Waals surface area (Å²) in [5, 5.41) is 3.53. The third-order valence-corrected chi connectivity index (χ3v) is 6.03. The summed E-state index contributed by atoms with van der Waals surface area (Å²) in [4.78, 5) is 21.0. The van der Waals surface area contributed by atoms with Crippen LogP contribution in [0, 0.1) is 0 Å². The van der Waals surface area contributed by atoms with Crippen LogP contribution in [0.2, 0.25) is 0 Å². The van der Waals surface area contributed by atoms with E-state index in [1.165, 1.54) is 0 Å². The van der Waals surface area contributed by atoms with Gasteiger partial charge in [-0.1, -0.05) is 62.9 Å². The number of hydrogen-bond acceptors (Lipinski definition) is 4. The SMILES string of the molecule is CC.CC/C=C(\NCc1cccnc1)c1ccc2c(c1)N(C)C(=O)c1ccccc1S2. The summed E-state index contributed by atoms with van der Waals surface area (Å²) in [6, 6.07) is 18.1. The van der Waals surface area contributed by atoms with Crippen molar-refractivity contribution in [2.24, 2.45) is 0 Å². The zero-order valence-corrected chi connectivity index (χ0v) is 19.4. The Morgan fingerprint density at radius 3 is 2.65 bits per heavy atom. The van der Waals surface area contributed by atoms with E-state index >= 15 is 0 Å². The van der Waals surface area contributed by atoms with Crippen molar-refractivity contribution < 1.29 is 4.79 Å². The predicted molar refractivity (Wildman–Crippen MR) is 130 cm³/mol. The van der Waals surface area contributed by atoms with E-state index in [-0.39, 0.29) is 5.91 Å². The standard InChI is InChI=1S/C24H23N3OS.C2H6/c1-3-7-20(26-16-17-8-6-13-25-15-17)18-11-12-23-21(14-18)27(2)24(28)19-9-4-5-10-22(19)29-23;1-2/h4-15,26H,3,16H2,1-2H3;1-2H3/b20-7-;. The summed E-state index contributed by atoms with van der Waals surface area (Å²) < 4.78 is 0. The number of hydrogen-bond donors (Lipinski definition) is 1. The first kappa shape index (κ1) is 22.6. The van der Waals surface area contributed by atoms with E-state index in [9.17, 15) is 4.79 Å². The van der Waals surface area contributed by atoms with Gasteiger partial charge in [0.2, 0.25) is 0 Å². The van der Waals surface area contributed by atoms with Gasteiger partial charge in [0.25, 0.3) is 5.91 Å². The number of nitrogens with one attached hydrogen (secondary N) is 1. The highest BCUT2D eigenvalue weighted by atomic mass is 32.2. The Balaban J connectivity index is 0.00000132. The molecule has 1 aromatic heterocycles. The third-order valence-electron chi connectivity index (χ3n) is 4.89. The predicted octanol–water partition coefficient (Wildman–Crippen LogP) is 6.39. The number of amides is 1. The van der Waals surface area contributed by atoms with Gasteiger partial charge in [-0.25, -0.2) is 0 Å². The second-order valence-corrected chi connectivity index (χ2v) is 7.97. The molecule has 4 nitrogen and oxygen atoms in total. The van der Waals surface area contributed by atoms with Crippen LogP contribution in [0.4, 0.5) is 5.69 Å². The van der Waals surface area contributed by atoms with Crippen molar-refractivity contribution in [1.29, 1.82) is 0 Å². The van der Waals surface area contributed by atoms with E-state index in [0.29, 0.717) is 6.54 Å². The normalized spacial score (nSPS) is 12.8. The molecule has 0 saturated carbocycles. The Labute approximate surface area is 189 Å². The molecule has 1 N–H and O–H groups in total. The number of anilines is 1. The zero-order chi connectivity index (χ0) is 22.2. The molecule has 0 fully saturated rings. The number of carbonyl (C=O) groups is 1. The van der Waals surface area contributed by atoms with Crippen LogP contribution in [0.25, 0.3) is 5.70 Å². The second kappa shape index (κ2) is 10.8. The third kappa shape index (κ3) is 5.17. The largest absolute Gasteiger partial charge is 0.381 e. The molecule has 0 aliphatic carbocycles.